The van der Waals surface area contributed by atoms with E-state index in [1.54, 1.807) is 6.07 Å². The first-order chi connectivity index (χ1) is 9.93. The van der Waals surface area contributed by atoms with Crippen molar-refractivity contribution in [3.63, 3.8) is 0 Å². The summed E-state index contributed by atoms with van der Waals surface area (Å²) in [7, 11) is 0. The first-order valence-corrected chi connectivity index (χ1v) is 8.60. The van der Waals surface area contributed by atoms with Crippen LogP contribution in [0.15, 0.2) is 18.2 Å². The minimum absolute atomic E-state index is 0.149. The summed E-state index contributed by atoms with van der Waals surface area (Å²) in [6.45, 7) is 4.96. The van der Waals surface area contributed by atoms with E-state index in [0.29, 0.717) is 22.5 Å². The summed E-state index contributed by atoms with van der Waals surface area (Å²) in [4.78, 5) is 0. The molecule has 2 nitrogen and oxygen atoms in total. The highest BCUT2D eigenvalue weighted by Crippen LogP contribution is 2.33. The van der Waals surface area contributed by atoms with Crippen LogP contribution in [0.4, 0.5) is 0 Å². The van der Waals surface area contributed by atoms with Gasteiger partial charge in [0, 0.05) is 22.6 Å². The van der Waals surface area contributed by atoms with Gasteiger partial charge in [0.25, 0.3) is 0 Å². The van der Waals surface area contributed by atoms with Crippen LogP contribution in [0.25, 0.3) is 0 Å². The van der Waals surface area contributed by atoms with E-state index in [0.717, 1.165) is 31.2 Å². The van der Waals surface area contributed by atoms with Crippen LogP contribution in [0.2, 0.25) is 10.0 Å². The molecule has 21 heavy (non-hydrogen) atoms. The second kappa shape index (κ2) is 7.32. The zero-order chi connectivity index (χ0) is 15.5. The molecule has 1 fully saturated rings. The van der Waals surface area contributed by atoms with E-state index in [1.807, 2.05) is 12.1 Å². The van der Waals surface area contributed by atoms with Crippen LogP contribution in [0.1, 0.15) is 57.6 Å². The van der Waals surface area contributed by atoms with Gasteiger partial charge in [0.2, 0.25) is 0 Å². The Hall–Kier alpha value is -0.280. The molecular weight excluding hydrogens is 305 g/mol. The van der Waals surface area contributed by atoms with E-state index in [9.17, 15) is 5.11 Å². The molecule has 1 aromatic rings. The summed E-state index contributed by atoms with van der Waals surface area (Å²) in [5.74, 6) is 0.602. The first kappa shape index (κ1) is 17.1. The fourth-order valence-electron chi connectivity index (χ4n) is 3.36. The standard InChI is InChI=1S/C17H25Cl2NO/c1-3-16(14-7-6-13(18)9-15(14)19)20-11-17(21)8-4-5-12(2)10-17/h6-7,9,12,16,20-21H,3-5,8,10-11H2,1-2H3. The molecule has 3 atom stereocenters. The van der Waals surface area contributed by atoms with Crippen molar-refractivity contribution in [1.82, 2.24) is 5.32 Å². The van der Waals surface area contributed by atoms with Gasteiger partial charge in [-0.25, -0.2) is 0 Å². The Kier molecular flexibility index (Phi) is 5.96. The molecule has 1 aliphatic rings. The van der Waals surface area contributed by atoms with Gasteiger partial charge in [-0.15, -0.1) is 0 Å². The van der Waals surface area contributed by atoms with E-state index in [2.05, 4.69) is 19.2 Å². The van der Waals surface area contributed by atoms with Crippen molar-refractivity contribution in [3.8, 4) is 0 Å². The van der Waals surface area contributed by atoms with Crippen molar-refractivity contribution in [2.75, 3.05) is 6.54 Å². The predicted molar refractivity (Wildman–Crippen MR) is 90.1 cm³/mol. The molecule has 1 aliphatic carbocycles. The maximum Gasteiger partial charge on any atom is 0.0774 e. The second-order valence-corrected chi connectivity index (χ2v) is 7.28. The quantitative estimate of drug-likeness (QED) is 0.798. The Morgan fingerprint density at radius 1 is 1.43 bits per heavy atom. The van der Waals surface area contributed by atoms with Crippen LogP contribution in [-0.4, -0.2) is 17.3 Å². The van der Waals surface area contributed by atoms with E-state index in [1.165, 1.54) is 6.42 Å². The van der Waals surface area contributed by atoms with Crippen molar-refractivity contribution in [2.45, 2.75) is 57.6 Å². The minimum Gasteiger partial charge on any atom is -0.389 e. The Labute approximate surface area is 137 Å². The number of hydrogen-bond acceptors (Lipinski definition) is 2. The van der Waals surface area contributed by atoms with Gasteiger partial charge in [-0.3, -0.25) is 0 Å². The monoisotopic (exact) mass is 329 g/mol. The molecular formula is C17H25Cl2NO. The molecule has 0 heterocycles. The fourth-order valence-corrected chi connectivity index (χ4v) is 3.90. The van der Waals surface area contributed by atoms with Crippen molar-refractivity contribution >= 4 is 23.2 Å². The summed E-state index contributed by atoms with van der Waals surface area (Å²) in [6.07, 6.45) is 5.02. The molecule has 1 saturated carbocycles. The van der Waals surface area contributed by atoms with Gasteiger partial charge < -0.3 is 10.4 Å². The highest BCUT2D eigenvalue weighted by molar-refractivity contribution is 6.35. The molecule has 0 aliphatic heterocycles. The average molecular weight is 330 g/mol. The highest BCUT2D eigenvalue weighted by atomic mass is 35.5. The summed E-state index contributed by atoms with van der Waals surface area (Å²) in [6, 6.07) is 5.76. The zero-order valence-electron chi connectivity index (χ0n) is 12.8. The molecule has 2 rings (SSSR count). The molecule has 1 aromatic carbocycles. The Bertz CT molecular complexity index is 480. The Morgan fingerprint density at radius 2 is 2.19 bits per heavy atom. The molecule has 4 heteroatoms. The number of hydrogen-bond donors (Lipinski definition) is 2. The number of nitrogens with one attached hydrogen (secondary N) is 1. The normalized spacial score (nSPS) is 27.6. The van der Waals surface area contributed by atoms with E-state index in [4.69, 9.17) is 23.2 Å². The number of benzene rings is 1. The molecule has 0 saturated heterocycles. The Balaban J connectivity index is 2.02. The van der Waals surface area contributed by atoms with Crippen LogP contribution in [0.3, 0.4) is 0 Å². The molecule has 0 spiro atoms. The third-order valence-corrected chi connectivity index (χ3v) is 5.05. The molecule has 0 radical (unpaired) electrons. The smallest absolute Gasteiger partial charge is 0.0774 e. The van der Waals surface area contributed by atoms with E-state index >= 15 is 0 Å². The van der Waals surface area contributed by atoms with Crippen molar-refractivity contribution < 1.29 is 5.11 Å². The molecule has 0 amide bonds. The van der Waals surface area contributed by atoms with Gasteiger partial charge in [-0.2, -0.15) is 0 Å². The molecule has 118 valence electrons. The lowest BCUT2D eigenvalue weighted by atomic mass is 9.79. The van der Waals surface area contributed by atoms with Crippen LogP contribution in [0.5, 0.6) is 0 Å². The number of halogens is 2. The number of aliphatic hydroxyl groups is 1. The SMILES string of the molecule is CCC(NCC1(O)CCCC(C)C1)c1ccc(Cl)cc1Cl. The molecule has 0 bridgehead atoms. The lowest BCUT2D eigenvalue weighted by molar-refractivity contribution is -0.0138. The predicted octanol–water partition coefficient (Wildman–Crippen LogP) is 4.98. The Morgan fingerprint density at radius 3 is 2.81 bits per heavy atom. The lowest BCUT2D eigenvalue weighted by Gasteiger charge is -2.37. The second-order valence-electron chi connectivity index (χ2n) is 6.43. The summed E-state index contributed by atoms with van der Waals surface area (Å²) < 4.78 is 0. The van der Waals surface area contributed by atoms with Gasteiger partial charge in [-0.05, 0) is 42.9 Å². The third-order valence-electron chi connectivity index (χ3n) is 4.49. The fraction of sp³-hybridized carbons (Fsp3) is 0.647. The van der Waals surface area contributed by atoms with Gasteiger partial charge >= 0.3 is 0 Å². The van der Waals surface area contributed by atoms with Gasteiger partial charge in [-0.1, -0.05) is 56.0 Å². The van der Waals surface area contributed by atoms with E-state index in [-0.39, 0.29) is 6.04 Å². The molecule has 3 unspecified atom stereocenters. The summed E-state index contributed by atoms with van der Waals surface area (Å²) >= 11 is 12.3. The van der Waals surface area contributed by atoms with Gasteiger partial charge in [0.05, 0.1) is 5.60 Å². The maximum absolute atomic E-state index is 10.7. The van der Waals surface area contributed by atoms with Crippen LogP contribution < -0.4 is 5.32 Å². The maximum atomic E-state index is 10.7. The lowest BCUT2D eigenvalue weighted by Crippen LogP contribution is -2.45. The van der Waals surface area contributed by atoms with Crippen molar-refractivity contribution in [1.29, 1.82) is 0 Å². The third kappa shape index (κ3) is 4.59. The largest absolute Gasteiger partial charge is 0.389 e. The summed E-state index contributed by atoms with van der Waals surface area (Å²) in [5, 5.41) is 15.6. The summed E-state index contributed by atoms with van der Waals surface area (Å²) in [5.41, 5.74) is 0.472. The molecule has 0 aromatic heterocycles. The van der Waals surface area contributed by atoms with Crippen LogP contribution in [0, 0.1) is 5.92 Å². The molecule has 2 N–H and O–H groups in total. The van der Waals surface area contributed by atoms with Gasteiger partial charge in [0.1, 0.15) is 0 Å². The van der Waals surface area contributed by atoms with Crippen molar-refractivity contribution in [2.24, 2.45) is 5.92 Å². The van der Waals surface area contributed by atoms with Gasteiger partial charge in [0.15, 0.2) is 0 Å². The zero-order valence-corrected chi connectivity index (χ0v) is 14.3. The van der Waals surface area contributed by atoms with Crippen LogP contribution >= 0.6 is 23.2 Å². The minimum atomic E-state index is -0.579. The van der Waals surface area contributed by atoms with E-state index < -0.39 is 5.60 Å². The van der Waals surface area contributed by atoms with Crippen molar-refractivity contribution in [3.05, 3.63) is 33.8 Å². The average Bonchev–Trinajstić information content (AvgIpc) is 2.41. The number of rotatable bonds is 5. The highest BCUT2D eigenvalue weighted by Gasteiger charge is 2.33. The topological polar surface area (TPSA) is 32.3 Å². The first-order valence-electron chi connectivity index (χ1n) is 7.84. The van der Waals surface area contributed by atoms with Crippen LogP contribution in [-0.2, 0) is 0 Å².